The molecule has 0 spiro atoms. The van der Waals surface area contributed by atoms with E-state index in [0.29, 0.717) is 5.41 Å². The van der Waals surface area contributed by atoms with Gasteiger partial charge in [-0.05, 0) is 37.1 Å². The third kappa shape index (κ3) is 6.22. The molecule has 1 N–H and O–H groups in total. The van der Waals surface area contributed by atoms with Crippen molar-refractivity contribution in [3.8, 4) is 0 Å². The van der Waals surface area contributed by atoms with Crippen molar-refractivity contribution in [3.05, 3.63) is 0 Å². The maximum Gasteiger partial charge on any atom is 0.00671 e. The van der Waals surface area contributed by atoms with Gasteiger partial charge in [-0.15, -0.1) is 0 Å². The van der Waals surface area contributed by atoms with Crippen molar-refractivity contribution in [2.24, 2.45) is 11.3 Å². The molecule has 1 atom stereocenters. The molecule has 0 amide bonds. The molecule has 0 radical (unpaired) electrons. The molecule has 0 heterocycles. The Morgan fingerprint density at radius 1 is 1.00 bits per heavy atom. The van der Waals surface area contributed by atoms with Crippen LogP contribution >= 0.6 is 0 Å². The maximum absolute atomic E-state index is 3.86. The molecular formula is C17H35N. The Morgan fingerprint density at radius 2 is 1.50 bits per heavy atom. The van der Waals surface area contributed by atoms with E-state index in [0.717, 1.165) is 12.0 Å². The average molecular weight is 253 g/mol. The van der Waals surface area contributed by atoms with Crippen LogP contribution in [0, 0.1) is 11.3 Å². The average Bonchev–Trinajstić information content (AvgIpc) is 2.94. The third-order valence-corrected chi connectivity index (χ3v) is 4.68. The molecule has 0 saturated heterocycles. The normalized spacial score (nSPS) is 21.5. The van der Waals surface area contributed by atoms with Crippen molar-refractivity contribution in [2.45, 2.75) is 91.5 Å². The summed E-state index contributed by atoms with van der Waals surface area (Å²) in [5.74, 6) is 0.942. The Hall–Kier alpha value is -0.0400. The SMILES string of the molecule is CCCCCC(CCCCC)NCC1CC1(C)C. The zero-order valence-electron chi connectivity index (χ0n) is 13.2. The zero-order chi connectivity index (χ0) is 13.4. The van der Waals surface area contributed by atoms with Crippen molar-refractivity contribution in [2.75, 3.05) is 6.54 Å². The lowest BCUT2D eigenvalue weighted by Gasteiger charge is -2.19. The van der Waals surface area contributed by atoms with Crippen LogP contribution in [0.2, 0.25) is 0 Å². The Bertz CT molecular complexity index is 200. The van der Waals surface area contributed by atoms with Crippen molar-refractivity contribution in [3.63, 3.8) is 0 Å². The van der Waals surface area contributed by atoms with Crippen molar-refractivity contribution in [1.29, 1.82) is 0 Å². The van der Waals surface area contributed by atoms with E-state index in [1.54, 1.807) is 0 Å². The molecule has 1 unspecified atom stereocenters. The van der Waals surface area contributed by atoms with Crippen molar-refractivity contribution < 1.29 is 0 Å². The lowest BCUT2D eigenvalue weighted by atomic mass is 10.0. The minimum absolute atomic E-state index is 0.629. The molecular weight excluding hydrogens is 218 g/mol. The van der Waals surface area contributed by atoms with Crippen LogP contribution in [-0.4, -0.2) is 12.6 Å². The van der Waals surface area contributed by atoms with E-state index in [1.807, 2.05) is 0 Å². The molecule has 0 aliphatic heterocycles. The van der Waals surface area contributed by atoms with Gasteiger partial charge >= 0.3 is 0 Å². The first-order chi connectivity index (χ1) is 8.60. The first kappa shape index (κ1) is 16.0. The second kappa shape index (κ2) is 8.19. The number of hydrogen-bond donors (Lipinski definition) is 1. The minimum atomic E-state index is 0.629. The summed E-state index contributed by atoms with van der Waals surface area (Å²) in [4.78, 5) is 0. The Balaban J connectivity index is 2.16. The van der Waals surface area contributed by atoms with Gasteiger partial charge in [0.15, 0.2) is 0 Å². The van der Waals surface area contributed by atoms with Crippen LogP contribution in [0.25, 0.3) is 0 Å². The van der Waals surface area contributed by atoms with Crippen LogP contribution in [0.1, 0.15) is 85.5 Å². The fourth-order valence-corrected chi connectivity index (χ4v) is 2.86. The second-order valence-electron chi connectivity index (χ2n) is 6.99. The molecule has 0 aromatic heterocycles. The zero-order valence-corrected chi connectivity index (χ0v) is 13.2. The first-order valence-electron chi connectivity index (χ1n) is 8.33. The Morgan fingerprint density at radius 3 is 1.89 bits per heavy atom. The molecule has 1 aliphatic carbocycles. The largest absolute Gasteiger partial charge is 0.314 e. The van der Waals surface area contributed by atoms with Gasteiger partial charge in [0.25, 0.3) is 0 Å². The lowest BCUT2D eigenvalue weighted by Crippen LogP contribution is -2.31. The van der Waals surface area contributed by atoms with Crippen LogP contribution in [0.5, 0.6) is 0 Å². The van der Waals surface area contributed by atoms with Crippen LogP contribution in [0.3, 0.4) is 0 Å². The summed E-state index contributed by atoms with van der Waals surface area (Å²) in [5, 5.41) is 3.86. The number of rotatable bonds is 11. The summed E-state index contributed by atoms with van der Waals surface area (Å²) < 4.78 is 0. The molecule has 1 nitrogen and oxygen atoms in total. The monoisotopic (exact) mass is 253 g/mol. The van der Waals surface area contributed by atoms with Gasteiger partial charge in [0.2, 0.25) is 0 Å². The van der Waals surface area contributed by atoms with E-state index < -0.39 is 0 Å². The van der Waals surface area contributed by atoms with Crippen molar-refractivity contribution in [1.82, 2.24) is 5.32 Å². The quantitative estimate of drug-likeness (QED) is 0.502. The Kier molecular flexibility index (Phi) is 7.29. The standard InChI is InChI=1S/C17H35N/c1-5-7-9-11-16(12-10-8-6-2)18-14-15-13-17(15,3)4/h15-16,18H,5-14H2,1-4H3. The molecule has 1 fully saturated rings. The molecule has 0 aromatic carbocycles. The number of nitrogens with one attached hydrogen (secondary N) is 1. The van der Waals surface area contributed by atoms with Gasteiger partial charge in [-0.1, -0.05) is 66.2 Å². The predicted octanol–water partition coefficient (Wildman–Crippen LogP) is 5.15. The summed E-state index contributed by atoms with van der Waals surface area (Å²) in [6.07, 6.45) is 12.5. The molecule has 1 saturated carbocycles. The molecule has 1 heteroatoms. The highest BCUT2D eigenvalue weighted by atomic mass is 14.9. The highest BCUT2D eigenvalue weighted by Gasteiger charge is 2.44. The fraction of sp³-hybridized carbons (Fsp3) is 1.00. The summed E-state index contributed by atoms with van der Waals surface area (Å²) >= 11 is 0. The van der Waals surface area contributed by atoms with E-state index in [2.05, 4.69) is 33.0 Å². The second-order valence-corrected chi connectivity index (χ2v) is 6.99. The van der Waals surface area contributed by atoms with Crippen LogP contribution < -0.4 is 5.32 Å². The Labute approximate surface area is 115 Å². The number of unbranched alkanes of at least 4 members (excludes halogenated alkanes) is 4. The smallest absolute Gasteiger partial charge is 0.00671 e. The maximum atomic E-state index is 3.86. The summed E-state index contributed by atoms with van der Waals surface area (Å²) in [5.41, 5.74) is 0.629. The predicted molar refractivity (Wildman–Crippen MR) is 82.0 cm³/mol. The summed E-state index contributed by atoms with van der Waals surface area (Å²) in [6, 6.07) is 0.791. The summed E-state index contributed by atoms with van der Waals surface area (Å²) in [7, 11) is 0. The highest BCUT2D eigenvalue weighted by molar-refractivity contribution is 4.96. The molecule has 0 aromatic rings. The van der Waals surface area contributed by atoms with Gasteiger partial charge in [-0.2, -0.15) is 0 Å². The van der Waals surface area contributed by atoms with Gasteiger partial charge < -0.3 is 5.32 Å². The first-order valence-corrected chi connectivity index (χ1v) is 8.33. The van der Waals surface area contributed by atoms with Crippen LogP contribution in [-0.2, 0) is 0 Å². The van der Waals surface area contributed by atoms with E-state index in [4.69, 9.17) is 0 Å². The fourth-order valence-electron chi connectivity index (χ4n) is 2.86. The molecule has 18 heavy (non-hydrogen) atoms. The van der Waals surface area contributed by atoms with Crippen LogP contribution in [0.15, 0.2) is 0 Å². The van der Waals surface area contributed by atoms with Gasteiger partial charge in [0, 0.05) is 6.04 Å². The van der Waals surface area contributed by atoms with Gasteiger partial charge in [0.1, 0.15) is 0 Å². The van der Waals surface area contributed by atoms with Crippen molar-refractivity contribution >= 4 is 0 Å². The van der Waals surface area contributed by atoms with Gasteiger partial charge in [-0.25, -0.2) is 0 Å². The number of hydrogen-bond acceptors (Lipinski definition) is 1. The van der Waals surface area contributed by atoms with E-state index in [-0.39, 0.29) is 0 Å². The molecule has 1 aliphatic rings. The van der Waals surface area contributed by atoms with E-state index in [9.17, 15) is 0 Å². The molecule has 108 valence electrons. The summed E-state index contributed by atoms with van der Waals surface area (Å²) in [6.45, 7) is 10.7. The van der Waals surface area contributed by atoms with Gasteiger partial charge in [0.05, 0.1) is 0 Å². The van der Waals surface area contributed by atoms with E-state index in [1.165, 1.54) is 64.3 Å². The van der Waals surface area contributed by atoms with Gasteiger partial charge in [-0.3, -0.25) is 0 Å². The molecule has 0 bridgehead atoms. The van der Waals surface area contributed by atoms with E-state index >= 15 is 0 Å². The van der Waals surface area contributed by atoms with Crippen LogP contribution in [0.4, 0.5) is 0 Å². The topological polar surface area (TPSA) is 12.0 Å². The third-order valence-electron chi connectivity index (χ3n) is 4.68. The highest BCUT2D eigenvalue weighted by Crippen LogP contribution is 2.51. The lowest BCUT2D eigenvalue weighted by molar-refractivity contribution is 0.398. The minimum Gasteiger partial charge on any atom is -0.314 e. The molecule has 1 rings (SSSR count).